The van der Waals surface area contributed by atoms with Gasteiger partial charge in [0.2, 0.25) is 0 Å². The molecule has 0 aliphatic carbocycles. The highest BCUT2D eigenvalue weighted by Gasteiger charge is 2.07. The standard InChI is InChI=1S/C11H18N2/c1-9-4-3-5-10(6-9)11(7-12)8-13-2/h3-6,11,13H,7-8,12H2,1-2H3. The third kappa shape index (κ3) is 2.83. The van der Waals surface area contributed by atoms with E-state index < -0.39 is 0 Å². The quantitative estimate of drug-likeness (QED) is 0.728. The number of hydrogen-bond donors (Lipinski definition) is 2. The molecule has 1 aromatic carbocycles. The van der Waals surface area contributed by atoms with Gasteiger partial charge in [0.05, 0.1) is 0 Å². The Morgan fingerprint density at radius 2 is 2.23 bits per heavy atom. The molecule has 0 fully saturated rings. The molecule has 0 saturated carbocycles. The molecule has 0 aliphatic heterocycles. The summed E-state index contributed by atoms with van der Waals surface area (Å²) in [5.74, 6) is 0.435. The first-order valence-electron chi connectivity index (χ1n) is 4.69. The third-order valence-electron chi connectivity index (χ3n) is 2.25. The number of benzene rings is 1. The van der Waals surface area contributed by atoms with Crippen LogP contribution < -0.4 is 11.1 Å². The summed E-state index contributed by atoms with van der Waals surface area (Å²) in [4.78, 5) is 0. The maximum Gasteiger partial charge on any atom is 0.00863 e. The second-order valence-electron chi connectivity index (χ2n) is 3.40. The summed E-state index contributed by atoms with van der Waals surface area (Å²) in [6.45, 7) is 3.75. The van der Waals surface area contributed by atoms with Gasteiger partial charge in [0.1, 0.15) is 0 Å². The van der Waals surface area contributed by atoms with Crippen LogP contribution in [0.3, 0.4) is 0 Å². The van der Waals surface area contributed by atoms with Crippen LogP contribution in [0.4, 0.5) is 0 Å². The lowest BCUT2D eigenvalue weighted by atomic mass is 9.98. The molecule has 13 heavy (non-hydrogen) atoms. The smallest absolute Gasteiger partial charge is 0.00863 e. The monoisotopic (exact) mass is 178 g/mol. The number of aryl methyl sites for hydroxylation is 1. The zero-order valence-corrected chi connectivity index (χ0v) is 8.38. The highest BCUT2D eigenvalue weighted by molar-refractivity contribution is 5.26. The minimum atomic E-state index is 0.435. The highest BCUT2D eigenvalue weighted by Crippen LogP contribution is 2.14. The molecule has 3 N–H and O–H groups in total. The first kappa shape index (κ1) is 10.2. The first-order valence-corrected chi connectivity index (χ1v) is 4.69. The van der Waals surface area contributed by atoms with Gasteiger partial charge < -0.3 is 11.1 Å². The molecule has 0 heterocycles. The fourth-order valence-electron chi connectivity index (χ4n) is 1.51. The molecule has 1 atom stereocenters. The molecule has 1 unspecified atom stereocenters. The lowest BCUT2D eigenvalue weighted by molar-refractivity contribution is 0.637. The Bertz CT molecular complexity index is 258. The minimum Gasteiger partial charge on any atom is -0.330 e. The van der Waals surface area contributed by atoms with Crippen molar-refractivity contribution in [3.8, 4) is 0 Å². The maximum atomic E-state index is 5.70. The molecule has 1 rings (SSSR count). The van der Waals surface area contributed by atoms with E-state index in [-0.39, 0.29) is 0 Å². The van der Waals surface area contributed by atoms with Crippen LogP contribution in [0.15, 0.2) is 24.3 Å². The number of likely N-dealkylation sites (N-methyl/N-ethyl adjacent to an activating group) is 1. The van der Waals surface area contributed by atoms with Gasteiger partial charge in [-0.2, -0.15) is 0 Å². The van der Waals surface area contributed by atoms with Crippen LogP contribution in [0, 0.1) is 6.92 Å². The van der Waals surface area contributed by atoms with Gasteiger partial charge >= 0.3 is 0 Å². The first-order chi connectivity index (χ1) is 6.27. The Morgan fingerprint density at radius 3 is 2.77 bits per heavy atom. The molecule has 0 spiro atoms. The van der Waals surface area contributed by atoms with Gasteiger partial charge in [-0.15, -0.1) is 0 Å². The summed E-state index contributed by atoms with van der Waals surface area (Å²) in [5, 5.41) is 3.16. The van der Waals surface area contributed by atoms with Crippen molar-refractivity contribution in [3.05, 3.63) is 35.4 Å². The summed E-state index contributed by atoms with van der Waals surface area (Å²) in [5.41, 5.74) is 8.33. The SMILES string of the molecule is CNCC(CN)c1cccc(C)c1. The highest BCUT2D eigenvalue weighted by atomic mass is 14.8. The molecule has 1 aromatic rings. The molecule has 72 valence electrons. The molecule has 0 radical (unpaired) electrons. The maximum absolute atomic E-state index is 5.70. The van der Waals surface area contributed by atoms with Crippen molar-refractivity contribution in [1.82, 2.24) is 5.32 Å². The lowest BCUT2D eigenvalue weighted by Crippen LogP contribution is -2.23. The van der Waals surface area contributed by atoms with Crippen molar-refractivity contribution in [2.75, 3.05) is 20.1 Å². The molecule has 0 bridgehead atoms. The Kier molecular flexibility index (Phi) is 3.93. The van der Waals surface area contributed by atoms with E-state index >= 15 is 0 Å². The largest absolute Gasteiger partial charge is 0.330 e. The molecule has 2 heteroatoms. The number of rotatable bonds is 4. The average molecular weight is 178 g/mol. The predicted octanol–water partition coefficient (Wildman–Crippen LogP) is 1.26. The Balaban J connectivity index is 2.78. The van der Waals surface area contributed by atoms with Crippen molar-refractivity contribution in [2.24, 2.45) is 5.73 Å². The van der Waals surface area contributed by atoms with Gasteiger partial charge in [-0.3, -0.25) is 0 Å². The Hall–Kier alpha value is -0.860. The van der Waals surface area contributed by atoms with Gasteiger partial charge in [0.15, 0.2) is 0 Å². The van der Waals surface area contributed by atoms with E-state index in [2.05, 4.69) is 36.5 Å². The fourth-order valence-corrected chi connectivity index (χ4v) is 1.51. The van der Waals surface area contributed by atoms with Crippen molar-refractivity contribution in [1.29, 1.82) is 0 Å². The second kappa shape index (κ2) is 5.00. The summed E-state index contributed by atoms with van der Waals surface area (Å²) in [6, 6.07) is 8.54. The van der Waals surface area contributed by atoms with Gasteiger partial charge in [0.25, 0.3) is 0 Å². The van der Waals surface area contributed by atoms with Crippen LogP contribution in [0.2, 0.25) is 0 Å². The average Bonchev–Trinajstić information content (AvgIpc) is 2.14. The molecule has 0 aliphatic rings. The van der Waals surface area contributed by atoms with E-state index in [0.29, 0.717) is 12.5 Å². The summed E-state index contributed by atoms with van der Waals surface area (Å²) in [7, 11) is 1.96. The predicted molar refractivity (Wildman–Crippen MR) is 56.9 cm³/mol. The molecular weight excluding hydrogens is 160 g/mol. The van der Waals surface area contributed by atoms with Crippen LogP contribution in [0.25, 0.3) is 0 Å². The lowest BCUT2D eigenvalue weighted by Gasteiger charge is -2.14. The van der Waals surface area contributed by atoms with E-state index in [1.165, 1.54) is 11.1 Å². The van der Waals surface area contributed by atoms with Gasteiger partial charge in [-0.05, 0) is 19.5 Å². The second-order valence-corrected chi connectivity index (χ2v) is 3.40. The van der Waals surface area contributed by atoms with Crippen molar-refractivity contribution in [2.45, 2.75) is 12.8 Å². The van der Waals surface area contributed by atoms with Crippen LogP contribution in [-0.2, 0) is 0 Å². The zero-order chi connectivity index (χ0) is 9.68. The molecule has 0 amide bonds. The van der Waals surface area contributed by atoms with Crippen LogP contribution in [0.5, 0.6) is 0 Å². The van der Waals surface area contributed by atoms with Gasteiger partial charge in [-0.25, -0.2) is 0 Å². The van der Waals surface area contributed by atoms with Crippen LogP contribution in [-0.4, -0.2) is 20.1 Å². The number of hydrogen-bond acceptors (Lipinski definition) is 2. The van der Waals surface area contributed by atoms with Crippen LogP contribution in [0.1, 0.15) is 17.0 Å². The van der Waals surface area contributed by atoms with E-state index in [1.54, 1.807) is 0 Å². The summed E-state index contributed by atoms with van der Waals surface area (Å²) >= 11 is 0. The zero-order valence-electron chi connectivity index (χ0n) is 8.38. The van der Waals surface area contributed by atoms with Crippen molar-refractivity contribution >= 4 is 0 Å². The van der Waals surface area contributed by atoms with E-state index in [1.807, 2.05) is 7.05 Å². The molecular formula is C11H18N2. The fraction of sp³-hybridized carbons (Fsp3) is 0.455. The van der Waals surface area contributed by atoms with E-state index in [0.717, 1.165) is 6.54 Å². The molecule has 0 aromatic heterocycles. The normalized spacial score (nSPS) is 12.8. The summed E-state index contributed by atoms with van der Waals surface area (Å²) < 4.78 is 0. The van der Waals surface area contributed by atoms with Crippen LogP contribution >= 0.6 is 0 Å². The van der Waals surface area contributed by atoms with Crippen molar-refractivity contribution in [3.63, 3.8) is 0 Å². The number of nitrogens with one attached hydrogen (secondary N) is 1. The van der Waals surface area contributed by atoms with Gasteiger partial charge in [-0.1, -0.05) is 29.8 Å². The van der Waals surface area contributed by atoms with E-state index in [4.69, 9.17) is 5.73 Å². The Morgan fingerprint density at radius 1 is 1.46 bits per heavy atom. The van der Waals surface area contributed by atoms with E-state index in [9.17, 15) is 0 Å². The number of nitrogens with two attached hydrogens (primary N) is 1. The minimum absolute atomic E-state index is 0.435. The topological polar surface area (TPSA) is 38.0 Å². The molecule has 2 nitrogen and oxygen atoms in total. The Labute approximate surface area is 80.1 Å². The molecule has 0 saturated heterocycles. The van der Waals surface area contributed by atoms with Crippen molar-refractivity contribution < 1.29 is 0 Å². The van der Waals surface area contributed by atoms with Gasteiger partial charge in [0, 0.05) is 19.0 Å². The summed E-state index contributed by atoms with van der Waals surface area (Å²) in [6.07, 6.45) is 0. The third-order valence-corrected chi connectivity index (χ3v) is 2.25.